The molecule has 0 aliphatic rings. The van der Waals surface area contributed by atoms with Crippen molar-refractivity contribution in [1.29, 1.82) is 0 Å². The molecule has 0 aromatic carbocycles. The van der Waals surface area contributed by atoms with E-state index in [4.69, 9.17) is 10.2 Å². The number of carbonyl (C=O) groups is 4. The number of carboxylic acids is 2. The standard InChI is InChI=1S/2C7H12O3.2C3H8O.Ti/c2*1-3-4-6(5(2)8)7(9)10;2*1-2-3-4;/h2*6H,3-4H2,1-2H3,(H,9,10);2*4H,2-3H2,1H3;/q;;;;+2/p-2. The van der Waals surface area contributed by atoms with Gasteiger partial charge in [0.05, 0.1) is 23.8 Å². The number of hydrogen-bond donors (Lipinski definition) is 2. The van der Waals surface area contributed by atoms with Gasteiger partial charge in [0.15, 0.2) is 0 Å². The molecule has 2 N–H and O–H groups in total. The molecule has 2 atom stereocenters. The maximum absolute atomic E-state index is 10.6. The van der Waals surface area contributed by atoms with Crippen LogP contribution in [0.15, 0.2) is 0 Å². The summed E-state index contributed by atoms with van der Waals surface area (Å²) in [7, 11) is 0. The zero-order valence-electron chi connectivity index (χ0n) is 18.7. The predicted octanol–water partition coefficient (Wildman–Crippen LogP) is 0.258. The van der Waals surface area contributed by atoms with Crippen LogP contribution in [0, 0.1) is 11.8 Å². The van der Waals surface area contributed by atoms with Crippen molar-refractivity contribution in [2.24, 2.45) is 11.8 Å². The van der Waals surface area contributed by atoms with Crippen LogP contribution in [0.5, 0.6) is 0 Å². The van der Waals surface area contributed by atoms with Gasteiger partial charge in [0.25, 0.3) is 0 Å². The van der Waals surface area contributed by atoms with Crippen molar-refractivity contribution in [3.63, 3.8) is 0 Å². The van der Waals surface area contributed by atoms with Gasteiger partial charge in [0, 0.05) is 13.2 Å². The second-order valence-corrected chi connectivity index (χ2v) is 5.99. The van der Waals surface area contributed by atoms with Gasteiger partial charge in [-0.2, -0.15) is 0 Å². The molecule has 2 unspecified atom stereocenters. The third-order valence-corrected chi connectivity index (χ3v) is 3.15. The minimum absolute atomic E-state index is 0. The zero-order chi connectivity index (χ0) is 23.1. The summed E-state index contributed by atoms with van der Waals surface area (Å²) >= 11 is 0. The molecule has 0 amide bonds. The van der Waals surface area contributed by atoms with Crippen LogP contribution in [-0.4, -0.2) is 46.9 Å². The number of Topliss-reactive ketones (excluding diaryl/α,β-unsaturated/α-hetero) is 2. The number of carboxylic acid groups (broad SMARTS) is 2. The molecule has 0 rings (SSSR count). The summed E-state index contributed by atoms with van der Waals surface area (Å²) in [5, 5.41) is 36.1. The van der Waals surface area contributed by atoms with Crippen LogP contribution in [0.2, 0.25) is 0 Å². The van der Waals surface area contributed by atoms with E-state index in [2.05, 4.69) is 0 Å². The molecule has 0 saturated heterocycles. The quantitative estimate of drug-likeness (QED) is 0.352. The Morgan fingerprint density at radius 3 is 0.897 bits per heavy atom. The first-order chi connectivity index (χ1) is 13.0. The van der Waals surface area contributed by atoms with E-state index in [0.717, 1.165) is 12.8 Å². The van der Waals surface area contributed by atoms with Crippen LogP contribution >= 0.6 is 0 Å². The first-order valence-corrected chi connectivity index (χ1v) is 9.66. The maximum Gasteiger partial charge on any atom is 2.00 e. The monoisotopic (exact) mass is 454 g/mol. The second kappa shape index (κ2) is 29.1. The summed E-state index contributed by atoms with van der Waals surface area (Å²) in [6, 6.07) is 0. The molecule has 0 radical (unpaired) electrons. The van der Waals surface area contributed by atoms with Crippen molar-refractivity contribution in [2.45, 2.75) is 80.1 Å². The summed E-state index contributed by atoms with van der Waals surface area (Å²) in [6.45, 7) is 10.7. The molecule has 0 aliphatic carbocycles. The Hall–Kier alpha value is -1.09. The molecule has 0 heterocycles. The Labute approximate surface area is 190 Å². The fourth-order valence-electron chi connectivity index (χ4n) is 1.55. The molecule has 0 bridgehead atoms. The molecule has 0 aromatic rings. The SMILES string of the molecule is CCCC(C(C)=O)C(=O)[O-].CCCC(C(C)=O)C(=O)[O-].CCCO.CCCO.[Ti+2]. The second-order valence-electron chi connectivity index (χ2n) is 5.99. The fraction of sp³-hybridized carbons (Fsp3) is 0.800. The van der Waals surface area contributed by atoms with Gasteiger partial charge in [-0.1, -0.05) is 40.5 Å². The predicted molar refractivity (Wildman–Crippen MR) is 103 cm³/mol. The summed E-state index contributed by atoms with van der Waals surface area (Å²) in [4.78, 5) is 41.5. The Kier molecular flexibility index (Phi) is 38.7. The minimum atomic E-state index is -1.26. The van der Waals surface area contributed by atoms with Gasteiger partial charge in [-0.05, 0) is 39.5 Å². The molecule has 9 heteroatoms. The van der Waals surface area contributed by atoms with E-state index in [1.54, 1.807) is 0 Å². The number of aliphatic carboxylic acids is 2. The van der Waals surface area contributed by atoms with Crippen molar-refractivity contribution < 1.29 is 61.3 Å². The molecule has 0 aromatic heterocycles. The number of aliphatic hydroxyl groups excluding tert-OH is 2. The Balaban J connectivity index is -0.0000000950. The number of ketones is 2. The average molecular weight is 454 g/mol. The van der Waals surface area contributed by atoms with Crippen LogP contribution in [0.25, 0.3) is 0 Å². The minimum Gasteiger partial charge on any atom is -0.549 e. The van der Waals surface area contributed by atoms with Gasteiger partial charge < -0.3 is 30.0 Å². The van der Waals surface area contributed by atoms with Crippen molar-refractivity contribution in [3.05, 3.63) is 0 Å². The van der Waals surface area contributed by atoms with Crippen LogP contribution < -0.4 is 10.2 Å². The van der Waals surface area contributed by atoms with Crippen LogP contribution in [-0.2, 0) is 40.9 Å². The Morgan fingerprint density at radius 2 is 0.862 bits per heavy atom. The average Bonchev–Trinajstić information content (AvgIpc) is 2.63. The molecule has 8 nitrogen and oxygen atoms in total. The third kappa shape index (κ3) is 31.8. The molecular weight excluding hydrogens is 416 g/mol. The largest absolute Gasteiger partial charge is 2.00 e. The van der Waals surface area contributed by atoms with Crippen molar-refractivity contribution in [3.8, 4) is 0 Å². The van der Waals surface area contributed by atoms with Gasteiger partial charge in [-0.15, -0.1) is 0 Å². The molecule has 0 aliphatic heterocycles. The van der Waals surface area contributed by atoms with Gasteiger partial charge in [-0.3, -0.25) is 9.59 Å². The molecule has 29 heavy (non-hydrogen) atoms. The van der Waals surface area contributed by atoms with Gasteiger partial charge in [-0.25, -0.2) is 0 Å². The zero-order valence-corrected chi connectivity index (χ0v) is 20.2. The normalized spacial score (nSPS) is 10.8. The van der Waals surface area contributed by atoms with E-state index < -0.39 is 23.8 Å². The van der Waals surface area contributed by atoms with Crippen LogP contribution in [0.4, 0.5) is 0 Å². The van der Waals surface area contributed by atoms with Crippen LogP contribution in [0.3, 0.4) is 0 Å². The molecule has 170 valence electrons. The van der Waals surface area contributed by atoms with E-state index in [9.17, 15) is 29.4 Å². The number of aliphatic hydroxyl groups is 2. The smallest absolute Gasteiger partial charge is 0.549 e. The van der Waals surface area contributed by atoms with Crippen molar-refractivity contribution in [2.75, 3.05) is 13.2 Å². The number of rotatable bonds is 10. The first-order valence-electron chi connectivity index (χ1n) is 9.66. The summed E-state index contributed by atoms with van der Waals surface area (Å²) in [5.41, 5.74) is 0. The Bertz CT molecular complexity index is 343. The van der Waals surface area contributed by atoms with E-state index in [1.165, 1.54) is 13.8 Å². The molecule has 0 spiro atoms. The molecular formula is C20H38O8Ti. The van der Waals surface area contributed by atoms with Gasteiger partial charge in [0.2, 0.25) is 0 Å². The van der Waals surface area contributed by atoms with E-state index in [0.29, 0.717) is 38.9 Å². The molecule has 0 saturated carbocycles. The molecule has 0 fully saturated rings. The first kappa shape index (κ1) is 38.5. The number of carbonyl (C=O) groups excluding carboxylic acids is 4. The topological polar surface area (TPSA) is 155 Å². The van der Waals surface area contributed by atoms with Gasteiger partial charge >= 0.3 is 21.7 Å². The van der Waals surface area contributed by atoms with E-state index in [-0.39, 0.29) is 33.3 Å². The van der Waals surface area contributed by atoms with E-state index in [1.807, 2.05) is 27.7 Å². The Morgan fingerprint density at radius 1 is 0.655 bits per heavy atom. The van der Waals surface area contributed by atoms with Gasteiger partial charge in [0.1, 0.15) is 11.6 Å². The van der Waals surface area contributed by atoms with Crippen molar-refractivity contribution >= 4 is 23.5 Å². The summed E-state index contributed by atoms with van der Waals surface area (Å²) in [6.07, 6.45) is 3.91. The van der Waals surface area contributed by atoms with Crippen LogP contribution in [0.1, 0.15) is 80.1 Å². The third-order valence-electron chi connectivity index (χ3n) is 3.15. The van der Waals surface area contributed by atoms with E-state index >= 15 is 0 Å². The van der Waals surface area contributed by atoms with Crippen molar-refractivity contribution in [1.82, 2.24) is 0 Å². The summed E-state index contributed by atoms with van der Waals surface area (Å²) < 4.78 is 0. The fourth-order valence-corrected chi connectivity index (χ4v) is 1.55. The number of hydrogen-bond acceptors (Lipinski definition) is 8. The summed E-state index contributed by atoms with van der Waals surface area (Å²) in [5.74, 6) is -4.94. The maximum atomic E-state index is 10.6.